The molecule has 0 spiro atoms. The summed E-state index contributed by atoms with van der Waals surface area (Å²) in [4.78, 5) is 0. The molecule has 0 bridgehead atoms. The Labute approximate surface area is 182 Å². The van der Waals surface area contributed by atoms with E-state index in [-0.39, 0.29) is 12.6 Å². The molecule has 0 aliphatic carbocycles. The summed E-state index contributed by atoms with van der Waals surface area (Å²) < 4.78 is 28.0. The Balaban J connectivity index is 1.60. The van der Waals surface area contributed by atoms with Crippen molar-refractivity contribution in [2.24, 2.45) is 0 Å². The molecule has 31 heavy (non-hydrogen) atoms. The quantitative estimate of drug-likeness (QED) is 0.495. The predicted molar refractivity (Wildman–Crippen MR) is 120 cm³/mol. The van der Waals surface area contributed by atoms with E-state index in [1.54, 1.807) is 6.07 Å². The van der Waals surface area contributed by atoms with Crippen LogP contribution in [0.4, 0.5) is 4.39 Å². The number of aryl methyl sites for hydroxylation is 1. The van der Waals surface area contributed by atoms with Crippen LogP contribution in [0, 0.1) is 5.82 Å². The number of ether oxygens (including phenoxy) is 2. The Morgan fingerprint density at radius 1 is 0.968 bits per heavy atom. The molecule has 0 N–H and O–H groups in total. The molecule has 2 aliphatic heterocycles. The molecule has 4 heteroatoms. The molecule has 2 aliphatic rings. The molecule has 0 amide bonds. The molecule has 2 heterocycles. The van der Waals surface area contributed by atoms with Gasteiger partial charge in [-0.25, -0.2) is 8.97 Å². The van der Waals surface area contributed by atoms with Gasteiger partial charge in [0.2, 0.25) is 12.5 Å². The van der Waals surface area contributed by atoms with Gasteiger partial charge in [-0.2, -0.15) is 0 Å². The Bertz CT molecular complexity index is 1130. The third-order valence-corrected chi connectivity index (χ3v) is 6.19. The van der Waals surface area contributed by atoms with Crippen LogP contribution in [0.1, 0.15) is 47.6 Å². The van der Waals surface area contributed by atoms with Crippen LogP contribution in [0.25, 0.3) is 0 Å². The highest BCUT2D eigenvalue weighted by atomic mass is 19.1. The lowest BCUT2D eigenvalue weighted by molar-refractivity contribution is -0.544. The summed E-state index contributed by atoms with van der Waals surface area (Å²) in [7, 11) is 0. The monoisotopic (exact) mass is 416 g/mol. The highest BCUT2D eigenvalue weighted by Crippen LogP contribution is 2.37. The topological polar surface area (TPSA) is 21.5 Å². The molecule has 0 fully saturated rings. The van der Waals surface area contributed by atoms with Crippen molar-refractivity contribution in [3.05, 3.63) is 94.3 Å². The lowest BCUT2D eigenvalue weighted by atomic mass is 9.91. The molecule has 158 valence electrons. The molecule has 0 aromatic heterocycles. The highest BCUT2D eigenvalue weighted by molar-refractivity contribution is 6.11. The Hall–Kier alpha value is -3.14. The maximum atomic E-state index is 14.4. The minimum atomic E-state index is -0.159. The fraction of sp³-hybridized carbons (Fsp3) is 0.296. The molecular weight excluding hydrogens is 389 g/mol. The maximum Gasteiger partial charge on any atom is 0.231 e. The van der Waals surface area contributed by atoms with Crippen molar-refractivity contribution in [1.82, 2.24) is 0 Å². The largest absolute Gasteiger partial charge is 0.454 e. The number of hydrogen-bond donors (Lipinski definition) is 0. The van der Waals surface area contributed by atoms with Crippen LogP contribution in [0.5, 0.6) is 11.5 Å². The summed E-state index contributed by atoms with van der Waals surface area (Å²) in [5.74, 6) is 1.44. The minimum absolute atomic E-state index is 0.159. The standard InChI is InChI=1S/C27H27FNO2/c1-2-3-6-19-9-11-20(12-10-19)27-23-16-26-25(30-18-31-26)15-21(23)13-14-29(27)17-22-7-4-5-8-24(22)28/h4-5,7-12,15-16H,2-3,6,13-14,17-18H2,1H3/q+1. The van der Waals surface area contributed by atoms with Gasteiger partial charge in [0.25, 0.3) is 0 Å². The number of halogens is 1. The first-order valence-corrected chi connectivity index (χ1v) is 11.1. The molecule has 0 radical (unpaired) electrons. The molecule has 5 rings (SSSR count). The van der Waals surface area contributed by atoms with Gasteiger partial charge in [0.1, 0.15) is 12.4 Å². The van der Waals surface area contributed by atoms with Gasteiger partial charge in [-0.3, -0.25) is 0 Å². The predicted octanol–water partition coefficient (Wildman–Crippen LogP) is 5.50. The van der Waals surface area contributed by atoms with Crippen molar-refractivity contribution in [3.63, 3.8) is 0 Å². The average Bonchev–Trinajstić information content (AvgIpc) is 3.25. The lowest BCUT2D eigenvalue weighted by Crippen LogP contribution is -2.31. The van der Waals surface area contributed by atoms with Crippen molar-refractivity contribution in [2.45, 2.75) is 39.2 Å². The summed E-state index contributed by atoms with van der Waals surface area (Å²) in [6, 6.07) is 20.1. The number of unbranched alkanes of at least 4 members (excludes halogenated alkanes) is 1. The summed E-state index contributed by atoms with van der Waals surface area (Å²) in [5.41, 5.74) is 6.74. The second kappa shape index (κ2) is 8.54. The average molecular weight is 417 g/mol. The summed E-state index contributed by atoms with van der Waals surface area (Å²) in [6.07, 6.45) is 4.37. The zero-order valence-electron chi connectivity index (χ0n) is 17.9. The molecule has 0 saturated heterocycles. The van der Waals surface area contributed by atoms with Crippen LogP contribution in [-0.4, -0.2) is 23.6 Å². The molecule has 0 unspecified atom stereocenters. The summed E-state index contributed by atoms with van der Waals surface area (Å²) >= 11 is 0. The van der Waals surface area contributed by atoms with Gasteiger partial charge in [-0.05, 0) is 60.4 Å². The fourth-order valence-corrected chi connectivity index (χ4v) is 4.49. The van der Waals surface area contributed by atoms with E-state index in [1.807, 2.05) is 12.1 Å². The molecule has 3 aromatic carbocycles. The van der Waals surface area contributed by atoms with Crippen molar-refractivity contribution in [1.29, 1.82) is 0 Å². The number of benzene rings is 3. The minimum Gasteiger partial charge on any atom is -0.454 e. The fourth-order valence-electron chi connectivity index (χ4n) is 4.49. The van der Waals surface area contributed by atoms with Crippen molar-refractivity contribution < 1.29 is 18.4 Å². The molecule has 3 nitrogen and oxygen atoms in total. The van der Waals surface area contributed by atoms with Gasteiger partial charge >= 0.3 is 0 Å². The van der Waals surface area contributed by atoms with Crippen molar-refractivity contribution >= 4 is 5.71 Å². The number of nitrogens with zero attached hydrogens (tertiary/aromatic N) is 1. The molecule has 0 saturated carbocycles. The first-order valence-electron chi connectivity index (χ1n) is 11.1. The molecule has 3 aromatic rings. The van der Waals surface area contributed by atoms with Gasteiger partial charge in [-0.1, -0.05) is 37.6 Å². The number of rotatable bonds is 6. The Morgan fingerprint density at radius 2 is 1.74 bits per heavy atom. The normalized spacial score (nSPS) is 14.6. The Morgan fingerprint density at radius 3 is 2.52 bits per heavy atom. The van der Waals surface area contributed by atoms with Gasteiger partial charge in [0.15, 0.2) is 18.0 Å². The van der Waals surface area contributed by atoms with Crippen LogP contribution in [0.2, 0.25) is 0 Å². The van der Waals surface area contributed by atoms with E-state index in [1.165, 1.54) is 30.0 Å². The van der Waals surface area contributed by atoms with Gasteiger partial charge in [-0.15, -0.1) is 0 Å². The first-order chi connectivity index (χ1) is 15.2. The zero-order chi connectivity index (χ0) is 21.2. The van der Waals surface area contributed by atoms with Crippen LogP contribution >= 0.6 is 0 Å². The van der Waals surface area contributed by atoms with Crippen molar-refractivity contribution in [2.75, 3.05) is 13.3 Å². The highest BCUT2D eigenvalue weighted by Gasteiger charge is 2.31. The van der Waals surface area contributed by atoms with Crippen LogP contribution in [0.15, 0.2) is 60.7 Å². The third kappa shape index (κ3) is 3.95. The van der Waals surface area contributed by atoms with E-state index < -0.39 is 0 Å². The first kappa shape index (κ1) is 19.8. The van der Waals surface area contributed by atoms with Gasteiger partial charge < -0.3 is 9.47 Å². The summed E-state index contributed by atoms with van der Waals surface area (Å²) in [5, 5.41) is 0. The maximum absolute atomic E-state index is 14.4. The summed E-state index contributed by atoms with van der Waals surface area (Å²) in [6.45, 7) is 3.84. The molecule has 0 atom stereocenters. The smallest absolute Gasteiger partial charge is 0.231 e. The SMILES string of the molecule is CCCCc1ccc(C2=[N+](Cc3ccccc3F)CCc3cc4c(cc32)OCO4)cc1. The van der Waals surface area contributed by atoms with E-state index in [0.29, 0.717) is 12.1 Å². The van der Waals surface area contributed by atoms with E-state index in [4.69, 9.17) is 9.47 Å². The second-order valence-electron chi connectivity index (χ2n) is 8.27. The van der Waals surface area contributed by atoms with Crippen molar-refractivity contribution in [3.8, 4) is 11.5 Å². The number of fused-ring (bicyclic) bond motifs is 2. The van der Waals surface area contributed by atoms with E-state index in [2.05, 4.69) is 47.9 Å². The Kier molecular flexibility index (Phi) is 5.46. The van der Waals surface area contributed by atoms with E-state index >= 15 is 0 Å². The number of hydrogen-bond acceptors (Lipinski definition) is 2. The van der Waals surface area contributed by atoms with Gasteiger partial charge in [0, 0.05) is 12.0 Å². The van der Waals surface area contributed by atoms with E-state index in [0.717, 1.165) is 47.7 Å². The lowest BCUT2D eigenvalue weighted by Gasteiger charge is -2.20. The second-order valence-corrected chi connectivity index (χ2v) is 8.27. The van der Waals surface area contributed by atoms with Crippen LogP contribution < -0.4 is 9.47 Å². The van der Waals surface area contributed by atoms with Gasteiger partial charge in [0.05, 0.1) is 11.1 Å². The zero-order valence-corrected chi connectivity index (χ0v) is 17.9. The van der Waals surface area contributed by atoms with Crippen LogP contribution in [-0.2, 0) is 19.4 Å². The molecular formula is C27H27FNO2+. The van der Waals surface area contributed by atoms with Crippen LogP contribution in [0.3, 0.4) is 0 Å². The third-order valence-electron chi connectivity index (χ3n) is 6.19. The van der Waals surface area contributed by atoms with E-state index in [9.17, 15) is 4.39 Å².